The largest absolute Gasteiger partial charge is 0.396 e. The number of hydrogen-bond donors (Lipinski definition) is 3. The van der Waals surface area contributed by atoms with Gasteiger partial charge in [0.25, 0.3) is 5.91 Å². The quantitative estimate of drug-likeness (QED) is 0.727. The van der Waals surface area contributed by atoms with Crippen LogP contribution in [-0.4, -0.2) is 46.8 Å². The van der Waals surface area contributed by atoms with E-state index in [1.165, 1.54) is 0 Å². The average Bonchev–Trinajstić information content (AvgIpc) is 3.07. The third kappa shape index (κ3) is 3.94. The first kappa shape index (κ1) is 16.7. The smallest absolute Gasteiger partial charge is 0.268 e. The van der Waals surface area contributed by atoms with Crippen molar-refractivity contribution in [3.05, 3.63) is 28.3 Å². The van der Waals surface area contributed by atoms with Gasteiger partial charge in [-0.15, -0.1) is 11.3 Å². The molecule has 0 aliphatic rings. The van der Waals surface area contributed by atoms with Gasteiger partial charge in [0.15, 0.2) is 0 Å². The van der Waals surface area contributed by atoms with Crippen LogP contribution in [0.5, 0.6) is 0 Å². The van der Waals surface area contributed by atoms with Gasteiger partial charge in [0.2, 0.25) is 0 Å². The van der Waals surface area contributed by atoms with Crippen LogP contribution in [0.3, 0.4) is 0 Å². The van der Waals surface area contributed by atoms with Crippen LogP contribution in [0.1, 0.15) is 28.8 Å². The summed E-state index contributed by atoms with van der Waals surface area (Å²) in [6.45, 7) is 4.10. The van der Waals surface area contributed by atoms with Crippen molar-refractivity contribution in [3.8, 4) is 11.3 Å². The number of nitrogens with zero attached hydrogens (tertiary/aromatic N) is 1. The van der Waals surface area contributed by atoms with Gasteiger partial charge in [-0.2, -0.15) is 0 Å². The molecule has 2 aromatic heterocycles. The molecule has 0 saturated heterocycles. The third-order valence-corrected chi connectivity index (χ3v) is 4.16. The number of rotatable bonds is 7. The summed E-state index contributed by atoms with van der Waals surface area (Å²) >= 11 is 1.57. The number of aliphatic hydroxyl groups excluding tert-OH is 1. The number of thiazole rings is 1. The average molecular weight is 323 g/mol. The van der Waals surface area contributed by atoms with E-state index in [0.717, 1.165) is 16.3 Å². The second-order valence-electron chi connectivity index (χ2n) is 5.48. The Balaban J connectivity index is 2.11. The van der Waals surface area contributed by atoms with Crippen molar-refractivity contribution in [2.45, 2.75) is 25.8 Å². The molecular formula is C15H21N3O3S. The Bertz CT molecular complexity index is 630. The van der Waals surface area contributed by atoms with Gasteiger partial charge in [-0.05, 0) is 26.3 Å². The van der Waals surface area contributed by atoms with E-state index >= 15 is 0 Å². The van der Waals surface area contributed by atoms with E-state index in [4.69, 9.17) is 9.84 Å². The van der Waals surface area contributed by atoms with E-state index in [1.807, 2.05) is 19.2 Å². The van der Waals surface area contributed by atoms with E-state index in [-0.39, 0.29) is 12.5 Å². The van der Waals surface area contributed by atoms with Crippen LogP contribution >= 0.6 is 11.3 Å². The first-order valence-corrected chi connectivity index (χ1v) is 7.88. The molecule has 1 atom stereocenters. The Kier molecular flexibility index (Phi) is 5.33. The van der Waals surface area contributed by atoms with E-state index in [0.29, 0.717) is 18.7 Å². The molecule has 0 bridgehead atoms. The summed E-state index contributed by atoms with van der Waals surface area (Å²) < 4.78 is 5.13. The molecule has 0 aromatic carbocycles. The molecule has 0 saturated carbocycles. The van der Waals surface area contributed by atoms with Crippen LogP contribution in [-0.2, 0) is 4.74 Å². The molecule has 0 aliphatic carbocycles. The Morgan fingerprint density at radius 1 is 1.59 bits per heavy atom. The van der Waals surface area contributed by atoms with Gasteiger partial charge in [-0.25, -0.2) is 4.98 Å². The summed E-state index contributed by atoms with van der Waals surface area (Å²) in [5.41, 5.74) is 1.59. The lowest BCUT2D eigenvalue weighted by atomic mass is 9.99. The highest BCUT2D eigenvalue weighted by Crippen LogP contribution is 2.22. The molecule has 120 valence electrons. The Labute approximate surface area is 133 Å². The van der Waals surface area contributed by atoms with Gasteiger partial charge < -0.3 is 20.1 Å². The van der Waals surface area contributed by atoms with Crippen molar-refractivity contribution in [1.29, 1.82) is 0 Å². The van der Waals surface area contributed by atoms with Crippen LogP contribution < -0.4 is 5.32 Å². The first-order chi connectivity index (χ1) is 10.5. The third-order valence-electron chi connectivity index (χ3n) is 3.38. The molecule has 22 heavy (non-hydrogen) atoms. The van der Waals surface area contributed by atoms with Crippen molar-refractivity contribution < 1.29 is 14.6 Å². The van der Waals surface area contributed by atoms with E-state index in [9.17, 15) is 4.79 Å². The van der Waals surface area contributed by atoms with Gasteiger partial charge in [0.05, 0.1) is 22.8 Å². The molecule has 1 unspecified atom stereocenters. The normalized spacial score (nSPS) is 13.8. The van der Waals surface area contributed by atoms with Gasteiger partial charge >= 0.3 is 0 Å². The minimum absolute atomic E-state index is 0.0196. The number of nitrogens with one attached hydrogen (secondary N) is 2. The molecular weight excluding hydrogens is 302 g/mol. The zero-order valence-electron chi connectivity index (χ0n) is 13.0. The molecule has 0 radical (unpaired) electrons. The lowest BCUT2D eigenvalue weighted by Gasteiger charge is -2.29. The maximum absolute atomic E-state index is 12.4. The Hall–Kier alpha value is -1.70. The molecule has 0 fully saturated rings. The van der Waals surface area contributed by atoms with Crippen LogP contribution in [0.15, 0.2) is 17.6 Å². The zero-order valence-corrected chi connectivity index (χ0v) is 13.8. The second kappa shape index (κ2) is 7.04. The van der Waals surface area contributed by atoms with Crippen LogP contribution in [0.4, 0.5) is 0 Å². The number of carbonyl (C=O) groups is 1. The minimum atomic E-state index is -0.608. The molecule has 0 spiro atoms. The number of carbonyl (C=O) groups excluding carboxylic acids is 1. The highest BCUT2D eigenvalue weighted by molar-refractivity contribution is 7.09. The highest BCUT2D eigenvalue weighted by atomic mass is 32.1. The molecule has 6 nitrogen and oxygen atoms in total. The molecule has 3 N–H and O–H groups in total. The number of H-pyrrole nitrogens is 1. The number of aromatic nitrogens is 2. The Morgan fingerprint density at radius 2 is 2.36 bits per heavy atom. The van der Waals surface area contributed by atoms with E-state index in [2.05, 4.69) is 15.3 Å². The van der Waals surface area contributed by atoms with E-state index in [1.54, 1.807) is 30.7 Å². The maximum atomic E-state index is 12.4. The van der Waals surface area contributed by atoms with Crippen molar-refractivity contribution in [3.63, 3.8) is 0 Å². The number of ether oxygens (including phenoxy) is 1. The summed E-state index contributed by atoms with van der Waals surface area (Å²) in [7, 11) is 1.57. The number of aryl methyl sites for hydroxylation is 1. The summed E-state index contributed by atoms with van der Waals surface area (Å²) in [6.07, 6.45) is 2.19. The highest BCUT2D eigenvalue weighted by Gasteiger charge is 2.27. The number of hydrogen-bond acceptors (Lipinski definition) is 5. The number of aromatic amines is 1. The standard InChI is InChI=1S/C15H21N3O3S/c1-10-17-13(8-22-10)11-6-12(16-7-11)14(20)18-15(2,4-5-19)9-21-3/h6-8,16,19H,4-5,9H2,1-3H3,(H,18,20). The maximum Gasteiger partial charge on any atom is 0.268 e. The van der Waals surface area contributed by atoms with Gasteiger partial charge in [0.1, 0.15) is 5.69 Å². The lowest BCUT2D eigenvalue weighted by Crippen LogP contribution is -2.50. The molecule has 0 aliphatic heterocycles. The summed E-state index contributed by atoms with van der Waals surface area (Å²) in [4.78, 5) is 19.7. The Morgan fingerprint density at radius 3 is 2.95 bits per heavy atom. The first-order valence-electron chi connectivity index (χ1n) is 7.00. The van der Waals surface area contributed by atoms with Crippen LogP contribution in [0.25, 0.3) is 11.3 Å². The molecule has 2 aromatic rings. The summed E-state index contributed by atoms with van der Waals surface area (Å²) in [6, 6.07) is 1.77. The minimum Gasteiger partial charge on any atom is -0.396 e. The molecule has 2 rings (SSSR count). The van der Waals surface area contributed by atoms with Crippen molar-refractivity contribution in [2.75, 3.05) is 20.3 Å². The molecule has 2 heterocycles. The number of aliphatic hydroxyl groups is 1. The van der Waals surface area contributed by atoms with Crippen LogP contribution in [0.2, 0.25) is 0 Å². The zero-order chi connectivity index (χ0) is 16.2. The van der Waals surface area contributed by atoms with Crippen molar-refractivity contribution in [2.24, 2.45) is 0 Å². The fourth-order valence-corrected chi connectivity index (χ4v) is 2.87. The number of amides is 1. The van der Waals surface area contributed by atoms with Gasteiger partial charge in [0, 0.05) is 30.9 Å². The van der Waals surface area contributed by atoms with Crippen molar-refractivity contribution >= 4 is 17.2 Å². The SMILES string of the molecule is COCC(C)(CCO)NC(=O)c1cc(-c2csc(C)n2)c[nH]1. The fourth-order valence-electron chi connectivity index (χ4n) is 2.25. The van der Waals surface area contributed by atoms with E-state index < -0.39 is 5.54 Å². The second-order valence-corrected chi connectivity index (χ2v) is 6.54. The molecule has 1 amide bonds. The van der Waals surface area contributed by atoms with Gasteiger partial charge in [-0.3, -0.25) is 4.79 Å². The van der Waals surface area contributed by atoms with Crippen molar-refractivity contribution in [1.82, 2.24) is 15.3 Å². The fraction of sp³-hybridized carbons (Fsp3) is 0.467. The number of methoxy groups -OCH3 is 1. The topological polar surface area (TPSA) is 87.2 Å². The summed E-state index contributed by atoms with van der Waals surface area (Å²) in [5, 5.41) is 15.0. The predicted molar refractivity (Wildman–Crippen MR) is 86.1 cm³/mol. The summed E-state index contributed by atoms with van der Waals surface area (Å²) in [5.74, 6) is -0.230. The molecule has 7 heteroatoms. The monoisotopic (exact) mass is 323 g/mol. The van der Waals surface area contributed by atoms with Gasteiger partial charge in [-0.1, -0.05) is 0 Å². The van der Waals surface area contributed by atoms with Crippen LogP contribution in [0, 0.1) is 6.92 Å². The lowest BCUT2D eigenvalue weighted by molar-refractivity contribution is 0.0722. The predicted octanol–water partition coefficient (Wildman–Crippen LogP) is 1.96.